The second-order valence-corrected chi connectivity index (χ2v) is 7.33. The summed E-state index contributed by atoms with van der Waals surface area (Å²) in [5, 5.41) is 18.0. The molecule has 110 valence electrons. The monoisotopic (exact) mass is 285 g/mol. The molecule has 1 aromatic heterocycles. The first-order chi connectivity index (χ1) is 8.65. The van der Waals surface area contributed by atoms with Crippen LogP contribution in [0.3, 0.4) is 0 Å². The molecule has 19 heavy (non-hydrogen) atoms. The highest BCUT2D eigenvalue weighted by atomic mass is 32.2. The first-order valence-corrected chi connectivity index (χ1v) is 8.00. The minimum atomic E-state index is -0.663. The molecule has 0 aliphatic heterocycles. The molecule has 1 aromatic rings. The summed E-state index contributed by atoms with van der Waals surface area (Å²) in [5.41, 5.74) is 1.70. The zero-order chi connectivity index (χ0) is 14.7. The summed E-state index contributed by atoms with van der Waals surface area (Å²) in [4.78, 5) is 0. The summed E-state index contributed by atoms with van der Waals surface area (Å²) in [5.74, 6) is 0.735. The fraction of sp³-hybridized carbons (Fsp3) is 0.786. The summed E-state index contributed by atoms with van der Waals surface area (Å²) in [6.45, 7) is 9.70. The van der Waals surface area contributed by atoms with E-state index in [0.717, 1.165) is 18.0 Å². The highest BCUT2D eigenvalue weighted by molar-refractivity contribution is 7.98. The molecular weight excluding hydrogens is 258 g/mol. The van der Waals surface area contributed by atoms with Gasteiger partial charge in [0.2, 0.25) is 0 Å². The SMILES string of the molecule is CSCC(C)(O)CNCc1cn(C)nc1C(C)(C)C. The van der Waals surface area contributed by atoms with Crippen LogP contribution in [0.4, 0.5) is 0 Å². The third-order valence-corrected chi connectivity index (χ3v) is 3.80. The lowest BCUT2D eigenvalue weighted by Gasteiger charge is -2.23. The van der Waals surface area contributed by atoms with Gasteiger partial charge in [-0.1, -0.05) is 20.8 Å². The first kappa shape index (κ1) is 16.5. The number of aromatic nitrogens is 2. The quantitative estimate of drug-likeness (QED) is 0.838. The Balaban J connectivity index is 2.64. The normalized spacial score (nSPS) is 15.5. The first-order valence-electron chi connectivity index (χ1n) is 6.61. The van der Waals surface area contributed by atoms with E-state index < -0.39 is 5.60 Å². The number of thioether (sulfide) groups is 1. The van der Waals surface area contributed by atoms with Crippen molar-refractivity contribution < 1.29 is 5.11 Å². The Labute approximate surface area is 121 Å². The lowest BCUT2D eigenvalue weighted by molar-refractivity contribution is 0.0845. The molecule has 1 heterocycles. The standard InChI is InChI=1S/C14H27N3OS/c1-13(2,3)12-11(8-17(5)16-12)7-15-9-14(4,18)10-19-6/h8,15,18H,7,9-10H2,1-6H3. The molecule has 0 spiro atoms. The van der Waals surface area contributed by atoms with Gasteiger partial charge in [-0.25, -0.2) is 0 Å². The Kier molecular flexibility index (Phi) is 5.47. The maximum Gasteiger partial charge on any atom is 0.0833 e. The highest BCUT2D eigenvalue weighted by Gasteiger charge is 2.23. The minimum absolute atomic E-state index is 0.0417. The van der Waals surface area contributed by atoms with E-state index in [2.05, 4.69) is 37.4 Å². The van der Waals surface area contributed by atoms with Gasteiger partial charge >= 0.3 is 0 Å². The van der Waals surface area contributed by atoms with E-state index in [1.165, 1.54) is 5.56 Å². The second-order valence-electron chi connectivity index (χ2n) is 6.46. The lowest BCUT2D eigenvalue weighted by Crippen LogP contribution is -2.39. The van der Waals surface area contributed by atoms with Gasteiger partial charge in [-0.05, 0) is 13.2 Å². The molecule has 4 nitrogen and oxygen atoms in total. The molecule has 0 aromatic carbocycles. The van der Waals surface area contributed by atoms with Crippen molar-refractivity contribution in [1.29, 1.82) is 0 Å². The van der Waals surface area contributed by atoms with E-state index >= 15 is 0 Å². The van der Waals surface area contributed by atoms with Crippen molar-refractivity contribution >= 4 is 11.8 Å². The van der Waals surface area contributed by atoms with Crippen LogP contribution >= 0.6 is 11.8 Å². The molecule has 0 saturated heterocycles. The van der Waals surface area contributed by atoms with Crippen molar-refractivity contribution in [2.75, 3.05) is 18.6 Å². The van der Waals surface area contributed by atoms with Crippen LogP contribution < -0.4 is 5.32 Å². The van der Waals surface area contributed by atoms with Crippen LogP contribution in [0.2, 0.25) is 0 Å². The van der Waals surface area contributed by atoms with Gasteiger partial charge in [-0.2, -0.15) is 16.9 Å². The van der Waals surface area contributed by atoms with Crippen molar-refractivity contribution in [3.8, 4) is 0 Å². The summed E-state index contributed by atoms with van der Waals surface area (Å²) in [6.07, 6.45) is 4.06. The Hall–Kier alpha value is -0.520. The number of aliphatic hydroxyl groups is 1. The van der Waals surface area contributed by atoms with Crippen molar-refractivity contribution in [1.82, 2.24) is 15.1 Å². The summed E-state index contributed by atoms with van der Waals surface area (Å²) in [6, 6.07) is 0. The molecular formula is C14H27N3OS. The smallest absolute Gasteiger partial charge is 0.0833 e. The average molecular weight is 285 g/mol. The number of nitrogens with one attached hydrogen (secondary N) is 1. The largest absolute Gasteiger partial charge is 0.388 e. The zero-order valence-corrected chi connectivity index (χ0v) is 13.8. The molecule has 5 heteroatoms. The van der Waals surface area contributed by atoms with E-state index in [-0.39, 0.29) is 5.41 Å². The van der Waals surface area contributed by atoms with Gasteiger partial charge in [-0.15, -0.1) is 0 Å². The van der Waals surface area contributed by atoms with Crippen LogP contribution in [-0.2, 0) is 19.0 Å². The molecule has 0 radical (unpaired) electrons. The molecule has 1 unspecified atom stereocenters. The second kappa shape index (κ2) is 6.29. The Morgan fingerprint density at radius 1 is 1.37 bits per heavy atom. The topological polar surface area (TPSA) is 50.1 Å². The number of rotatable bonds is 6. The van der Waals surface area contributed by atoms with Crippen molar-refractivity contribution in [3.63, 3.8) is 0 Å². The van der Waals surface area contributed by atoms with Gasteiger partial charge < -0.3 is 10.4 Å². The molecule has 0 aliphatic carbocycles. The van der Waals surface area contributed by atoms with Gasteiger partial charge in [0.25, 0.3) is 0 Å². The highest BCUT2D eigenvalue weighted by Crippen LogP contribution is 2.24. The molecule has 1 atom stereocenters. The lowest BCUT2D eigenvalue weighted by atomic mass is 9.89. The summed E-state index contributed by atoms with van der Waals surface area (Å²) < 4.78 is 1.86. The van der Waals surface area contributed by atoms with E-state index in [9.17, 15) is 5.11 Å². The van der Waals surface area contributed by atoms with Crippen LogP contribution in [0.15, 0.2) is 6.20 Å². The molecule has 0 bridgehead atoms. The van der Waals surface area contributed by atoms with Crippen LogP contribution in [-0.4, -0.2) is 39.0 Å². The molecule has 0 amide bonds. The zero-order valence-electron chi connectivity index (χ0n) is 12.9. The number of aryl methyl sites for hydroxylation is 1. The van der Waals surface area contributed by atoms with E-state index in [1.807, 2.05) is 24.9 Å². The van der Waals surface area contributed by atoms with Crippen LogP contribution in [0.1, 0.15) is 39.0 Å². The van der Waals surface area contributed by atoms with Gasteiger partial charge in [0.05, 0.1) is 11.3 Å². The summed E-state index contributed by atoms with van der Waals surface area (Å²) >= 11 is 1.66. The van der Waals surface area contributed by atoms with Crippen molar-refractivity contribution in [3.05, 3.63) is 17.5 Å². The van der Waals surface area contributed by atoms with Crippen molar-refractivity contribution in [2.45, 2.75) is 45.3 Å². The number of hydrogen-bond acceptors (Lipinski definition) is 4. The maximum absolute atomic E-state index is 10.1. The van der Waals surface area contributed by atoms with E-state index in [0.29, 0.717) is 6.54 Å². The van der Waals surface area contributed by atoms with Gasteiger partial charge in [0.15, 0.2) is 0 Å². The molecule has 1 rings (SSSR count). The Bertz CT molecular complexity index is 407. The third kappa shape index (κ3) is 5.16. The van der Waals surface area contributed by atoms with E-state index in [4.69, 9.17) is 0 Å². The van der Waals surface area contributed by atoms with Gasteiger partial charge in [0, 0.05) is 43.1 Å². The predicted molar refractivity (Wildman–Crippen MR) is 82.6 cm³/mol. The molecule has 0 saturated carbocycles. The number of nitrogens with zero attached hydrogens (tertiary/aromatic N) is 2. The van der Waals surface area contributed by atoms with Crippen LogP contribution in [0.5, 0.6) is 0 Å². The Morgan fingerprint density at radius 2 is 2.00 bits per heavy atom. The molecule has 0 fully saturated rings. The molecule has 2 N–H and O–H groups in total. The fourth-order valence-electron chi connectivity index (χ4n) is 2.13. The van der Waals surface area contributed by atoms with Crippen molar-refractivity contribution in [2.24, 2.45) is 7.05 Å². The average Bonchev–Trinajstić information content (AvgIpc) is 2.58. The maximum atomic E-state index is 10.1. The Morgan fingerprint density at radius 3 is 2.53 bits per heavy atom. The summed E-state index contributed by atoms with van der Waals surface area (Å²) in [7, 11) is 1.95. The molecule has 0 aliphatic rings. The predicted octanol–water partition coefficient (Wildman–Crippen LogP) is 1.92. The van der Waals surface area contributed by atoms with Gasteiger partial charge in [0.1, 0.15) is 0 Å². The van der Waals surface area contributed by atoms with Crippen LogP contribution in [0, 0.1) is 0 Å². The fourth-order valence-corrected chi connectivity index (χ4v) is 2.85. The third-order valence-electron chi connectivity index (χ3n) is 2.89. The van der Waals surface area contributed by atoms with E-state index in [1.54, 1.807) is 11.8 Å². The van der Waals surface area contributed by atoms with Gasteiger partial charge in [-0.3, -0.25) is 4.68 Å². The number of hydrogen-bond donors (Lipinski definition) is 2. The minimum Gasteiger partial charge on any atom is -0.388 e. The van der Waals surface area contributed by atoms with Crippen LogP contribution in [0.25, 0.3) is 0 Å².